The summed E-state index contributed by atoms with van der Waals surface area (Å²) in [5, 5.41) is 9.06. The van der Waals surface area contributed by atoms with Gasteiger partial charge in [0.15, 0.2) is 5.82 Å². The van der Waals surface area contributed by atoms with E-state index < -0.39 is 0 Å². The van der Waals surface area contributed by atoms with Gasteiger partial charge in [0.1, 0.15) is 18.2 Å². The van der Waals surface area contributed by atoms with Gasteiger partial charge in [-0.05, 0) is 20.8 Å². The summed E-state index contributed by atoms with van der Waals surface area (Å²) in [6, 6.07) is 1.83. The summed E-state index contributed by atoms with van der Waals surface area (Å²) in [4.78, 5) is 20.1. The maximum atomic E-state index is 11.4. The molecule has 118 valence electrons. The van der Waals surface area contributed by atoms with Crippen molar-refractivity contribution in [3.8, 4) is 0 Å². The Labute approximate surface area is 125 Å². The minimum atomic E-state index is 0.0282. The van der Waals surface area contributed by atoms with E-state index in [1.54, 1.807) is 0 Å². The highest BCUT2D eigenvalue weighted by Gasteiger charge is 2.05. The smallest absolute Gasteiger partial charge is 0.221 e. The van der Waals surface area contributed by atoms with Crippen LogP contribution < -0.4 is 16.0 Å². The van der Waals surface area contributed by atoms with Gasteiger partial charge in [0.25, 0.3) is 0 Å². The molecule has 1 amide bonds. The Morgan fingerprint density at radius 3 is 2.48 bits per heavy atom. The van der Waals surface area contributed by atoms with E-state index in [1.165, 1.54) is 0 Å². The van der Waals surface area contributed by atoms with Crippen LogP contribution in [0.4, 0.5) is 11.6 Å². The zero-order valence-corrected chi connectivity index (χ0v) is 13.0. The van der Waals surface area contributed by atoms with E-state index in [0.29, 0.717) is 44.4 Å². The lowest BCUT2D eigenvalue weighted by Gasteiger charge is -2.10. The first-order valence-electron chi connectivity index (χ1n) is 7.39. The fraction of sp³-hybridized carbons (Fsp3) is 0.643. The number of nitrogens with zero attached hydrogens (tertiary/aromatic N) is 2. The van der Waals surface area contributed by atoms with Crippen molar-refractivity contribution in [3.05, 3.63) is 11.9 Å². The van der Waals surface area contributed by atoms with Crippen LogP contribution in [0.5, 0.6) is 0 Å². The van der Waals surface area contributed by atoms with Crippen LogP contribution in [0.1, 0.15) is 33.0 Å². The van der Waals surface area contributed by atoms with Gasteiger partial charge in [-0.3, -0.25) is 4.79 Å². The first kappa shape index (κ1) is 17.2. The molecular weight excluding hydrogens is 270 g/mol. The van der Waals surface area contributed by atoms with E-state index >= 15 is 0 Å². The van der Waals surface area contributed by atoms with E-state index in [9.17, 15) is 4.79 Å². The Bertz CT molecular complexity index is 439. The molecule has 0 atom stereocenters. The minimum Gasteiger partial charge on any atom is -0.374 e. The highest BCUT2D eigenvalue weighted by atomic mass is 16.5. The van der Waals surface area contributed by atoms with Crippen molar-refractivity contribution in [1.82, 2.24) is 15.3 Å². The molecule has 1 aromatic rings. The van der Waals surface area contributed by atoms with Crippen molar-refractivity contribution in [2.45, 2.75) is 33.8 Å². The summed E-state index contributed by atoms with van der Waals surface area (Å²) in [5.41, 5.74) is 0. The zero-order valence-electron chi connectivity index (χ0n) is 13.0. The van der Waals surface area contributed by atoms with Crippen molar-refractivity contribution in [1.29, 1.82) is 0 Å². The number of ether oxygens (including phenoxy) is 1. The van der Waals surface area contributed by atoms with Crippen LogP contribution in [0.15, 0.2) is 6.07 Å². The van der Waals surface area contributed by atoms with Crippen LogP contribution in [0, 0.1) is 0 Å². The van der Waals surface area contributed by atoms with Gasteiger partial charge in [-0.2, -0.15) is 0 Å². The summed E-state index contributed by atoms with van der Waals surface area (Å²) in [6.07, 6.45) is 0.412. The van der Waals surface area contributed by atoms with Crippen molar-refractivity contribution >= 4 is 17.5 Å². The number of rotatable bonds is 10. The molecule has 1 aromatic heterocycles. The molecule has 3 N–H and O–H groups in total. The van der Waals surface area contributed by atoms with Crippen LogP contribution >= 0.6 is 0 Å². The van der Waals surface area contributed by atoms with Gasteiger partial charge in [0.2, 0.25) is 5.91 Å². The van der Waals surface area contributed by atoms with Gasteiger partial charge in [0.05, 0.1) is 0 Å². The van der Waals surface area contributed by atoms with Gasteiger partial charge in [-0.1, -0.05) is 0 Å². The number of anilines is 2. The Morgan fingerprint density at radius 1 is 1.14 bits per heavy atom. The minimum absolute atomic E-state index is 0.0282. The van der Waals surface area contributed by atoms with Crippen LogP contribution in [0.25, 0.3) is 0 Å². The molecule has 1 heterocycles. The molecule has 0 aliphatic heterocycles. The second-order valence-corrected chi connectivity index (χ2v) is 4.35. The molecule has 0 bridgehead atoms. The van der Waals surface area contributed by atoms with Crippen molar-refractivity contribution in [3.63, 3.8) is 0 Å². The number of hydrogen-bond donors (Lipinski definition) is 3. The lowest BCUT2D eigenvalue weighted by molar-refractivity contribution is -0.120. The van der Waals surface area contributed by atoms with Crippen molar-refractivity contribution in [2.24, 2.45) is 0 Å². The SMILES string of the molecule is CCNC(=O)CCNc1cc(NCC)nc(COCC)n1. The quantitative estimate of drug-likeness (QED) is 0.604. The van der Waals surface area contributed by atoms with Crippen molar-refractivity contribution in [2.75, 3.05) is 36.9 Å². The molecule has 0 aromatic carbocycles. The Hall–Kier alpha value is -1.89. The molecule has 21 heavy (non-hydrogen) atoms. The van der Waals surface area contributed by atoms with E-state index in [0.717, 1.165) is 12.4 Å². The Kier molecular flexibility index (Phi) is 8.11. The maximum absolute atomic E-state index is 11.4. The molecule has 0 aliphatic rings. The van der Waals surface area contributed by atoms with Gasteiger partial charge < -0.3 is 20.7 Å². The maximum Gasteiger partial charge on any atom is 0.221 e. The molecule has 0 spiro atoms. The summed E-state index contributed by atoms with van der Waals surface area (Å²) in [7, 11) is 0. The lowest BCUT2D eigenvalue weighted by atomic mass is 10.4. The second kappa shape index (κ2) is 9.93. The summed E-state index contributed by atoms with van der Waals surface area (Å²) in [6.45, 7) is 8.79. The third-order valence-electron chi connectivity index (χ3n) is 2.60. The van der Waals surface area contributed by atoms with Gasteiger partial charge in [-0.25, -0.2) is 9.97 Å². The van der Waals surface area contributed by atoms with E-state index in [1.807, 2.05) is 26.8 Å². The number of aromatic nitrogens is 2. The molecule has 1 rings (SSSR count). The van der Waals surface area contributed by atoms with Gasteiger partial charge >= 0.3 is 0 Å². The summed E-state index contributed by atoms with van der Waals surface area (Å²) >= 11 is 0. The first-order valence-corrected chi connectivity index (χ1v) is 7.39. The fourth-order valence-corrected chi connectivity index (χ4v) is 1.71. The first-order chi connectivity index (χ1) is 10.2. The average Bonchev–Trinajstić information content (AvgIpc) is 2.45. The fourth-order valence-electron chi connectivity index (χ4n) is 1.71. The van der Waals surface area contributed by atoms with E-state index in [-0.39, 0.29) is 5.91 Å². The van der Waals surface area contributed by atoms with Crippen LogP contribution in [0.2, 0.25) is 0 Å². The summed E-state index contributed by atoms with van der Waals surface area (Å²) < 4.78 is 5.34. The molecule has 0 fully saturated rings. The number of carbonyl (C=O) groups excluding carboxylic acids is 1. The third-order valence-corrected chi connectivity index (χ3v) is 2.60. The molecular formula is C14H25N5O2. The predicted octanol–water partition coefficient (Wildman–Crippen LogP) is 1.38. The standard InChI is InChI=1S/C14H25N5O2/c1-4-15-11-9-12(17-8-7-14(20)16-5-2)19-13(18-11)10-21-6-3/h9H,4-8,10H2,1-3H3,(H,16,20)(H2,15,17,18,19). The number of hydrogen-bond acceptors (Lipinski definition) is 6. The lowest BCUT2D eigenvalue weighted by Crippen LogP contribution is -2.25. The molecule has 0 radical (unpaired) electrons. The normalized spacial score (nSPS) is 10.2. The monoisotopic (exact) mass is 295 g/mol. The Morgan fingerprint density at radius 2 is 1.86 bits per heavy atom. The van der Waals surface area contributed by atoms with Crippen LogP contribution in [0.3, 0.4) is 0 Å². The molecule has 0 aliphatic carbocycles. The highest BCUT2D eigenvalue weighted by Crippen LogP contribution is 2.12. The molecule has 7 nitrogen and oxygen atoms in total. The number of amides is 1. The van der Waals surface area contributed by atoms with Crippen LogP contribution in [-0.4, -0.2) is 42.1 Å². The average molecular weight is 295 g/mol. The zero-order chi connectivity index (χ0) is 15.5. The second-order valence-electron chi connectivity index (χ2n) is 4.35. The van der Waals surface area contributed by atoms with Gasteiger partial charge in [0, 0.05) is 38.7 Å². The summed E-state index contributed by atoms with van der Waals surface area (Å²) in [5.74, 6) is 2.10. The van der Waals surface area contributed by atoms with E-state index in [4.69, 9.17) is 4.74 Å². The number of carbonyl (C=O) groups is 1. The molecule has 0 unspecified atom stereocenters. The highest BCUT2D eigenvalue weighted by molar-refractivity contribution is 5.76. The third kappa shape index (κ3) is 6.89. The van der Waals surface area contributed by atoms with Gasteiger partial charge in [-0.15, -0.1) is 0 Å². The number of nitrogens with one attached hydrogen (secondary N) is 3. The van der Waals surface area contributed by atoms with Crippen molar-refractivity contribution < 1.29 is 9.53 Å². The molecule has 0 saturated heterocycles. The predicted molar refractivity (Wildman–Crippen MR) is 83.3 cm³/mol. The molecule has 7 heteroatoms. The van der Waals surface area contributed by atoms with E-state index in [2.05, 4.69) is 25.9 Å². The topological polar surface area (TPSA) is 88.2 Å². The largest absolute Gasteiger partial charge is 0.374 e. The Balaban J connectivity index is 2.61. The molecule has 0 saturated carbocycles. The van der Waals surface area contributed by atoms with Crippen LogP contribution in [-0.2, 0) is 16.1 Å².